The topological polar surface area (TPSA) is 0 Å². The van der Waals surface area contributed by atoms with Crippen molar-refractivity contribution in [3.63, 3.8) is 0 Å². The van der Waals surface area contributed by atoms with E-state index >= 15 is 0 Å². The van der Waals surface area contributed by atoms with Crippen LogP contribution in [-0.2, 0) is 0 Å². The zero-order valence-corrected chi connectivity index (χ0v) is 9.15. The molecule has 0 aliphatic rings. The number of rotatable bonds is 3. The second-order valence-electron chi connectivity index (χ2n) is 5.18. The summed E-state index contributed by atoms with van der Waals surface area (Å²) in [6.07, 6.45) is 7.58. The van der Waals surface area contributed by atoms with Gasteiger partial charge in [-0.3, -0.25) is 0 Å². The smallest absolute Gasteiger partial charge is 0.0140 e. The van der Waals surface area contributed by atoms with Crippen LogP contribution < -0.4 is 0 Å². The van der Waals surface area contributed by atoms with E-state index in [1.807, 2.05) is 6.08 Å². The van der Waals surface area contributed by atoms with E-state index in [2.05, 4.69) is 53.3 Å². The van der Waals surface area contributed by atoms with E-state index in [1.54, 1.807) is 0 Å². The van der Waals surface area contributed by atoms with E-state index in [9.17, 15) is 0 Å². The predicted molar refractivity (Wildman–Crippen MR) is 57.2 cm³/mol. The first-order chi connectivity index (χ1) is 5.27. The Kier molecular flexibility index (Phi) is 3.76. The Balaban J connectivity index is 4.22. The minimum absolute atomic E-state index is 0.259. The Morgan fingerprint density at radius 1 is 1.00 bits per heavy atom. The number of allylic oxidation sites excluding steroid dienone is 3. The maximum Gasteiger partial charge on any atom is -0.0140 e. The molecule has 0 heteroatoms. The molecule has 0 heterocycles. The molecule has 0 aliphatic carbocycles. The number of hydrogen-bond acceptors (Lipinski definition) is 0. The van der Waals surface area contributed by atoms with Crippen LogP contribution in [0.3, 0.4) is 0 Å². The second kappa shape index (κ2) is 3.93. The molecule has 0 amide bonds. The molecule has 0 aromatic carbocycles. The van der Waals surface area contributed by atoms with Crippen molar-refractivity contribution in [2.45, 2.75) is 41.0 Å². The largest absolute Gasteiger partial charge is 0.103 e. The minimum atomic E-state index is 0.259. The van der Waals surface area contributed by atoms with E-state index in [1.165, 1.54) is 0 Å². The lowest BCUT2D eigenvalue weighted by molar-refractivity contribution is 0.468. The summed E-state index contributed by atoms with van der Waals surface area (Å²) in [6.45, 7) is 14.9. The lowest BCUT2D eigenvalue weighted by atomic mass is 9.85. The SMILES string of the molecule is C=CCC(C)(C)/C=C\C(C)(C)C. The van der Waals surface area contributed by atoms with Gasteiger partial charge in [-0.2, -0.15) is 0 Å². The van der Waals surface area contributed by atoms with E-state index in [4.69, 9.17) is 0 Å². The summed E-state index contributed by atoms with van der Waals surface area (Å²) in [5.74, 6) is 0. The van der Waals surface area contributed by atoms with Gasteiger partial charge in [0.1, 0.15) is 0 Å². The molecule has 0 rings (SSSR count). The van der Waals surface area contributed by atoms with Crippen LogP contribution in [0.15, 0.2) is 24.8 Å². The van der Waals surface area contributed by atoms with E-state index in [0.29, 0.717) is 5.41 Å². The van der Waals surface area contributed by atoms with E-state index in [0.717, 1.165) is 6.42 Å². The summed E-state index contributed by atoms with van der Waals surface area (Å²) in [4.78, 5) is 0. The molecule has 0 atom stereocenters. The maximum absolute atomic E-state index is 3.76. The van der Waals surface area contributed by atoms with Gasteiger partial charge in [0, 0.05) is 0 Å². The summed E-state index contributed by atoms with van der Waals surface area (Å²) in [5.41, 5.74) is 0.549. The van der Waals surface area contributed by atoms with Crippen LogP contribution in [0, 0.1) is 10.8 Å². The molecule has 0 aliphatic heterocycles. The van der Waals surface area contributed by atoms with Crippen molar-refractivity contribution >= 4 is 0 Å². The van der Waals surface area contributed by atoms with E-state index in [-0.39, 0.29) is 5.41 Å². The van der Waals surface area contributed by atoms with Crippen molar-refractivity contribution in [1.82, 2.24) is 0 Å². The quantitative estimate of drug-likeness (QED) is 0.551. The average molecular weight is 166 g/mol. The predicted octanol–water partition coefficient (Wildman–Crippen LogP) is 4.19. The number of hydrogen-bond donors (Lipinski definition) is 0. The molecule has 0 spiro atoms. The van der Waals surface area contributed by atoms with Gasteiger partial charge in [-0.15, -0.1) is 6.58 Å². The molecule has 12 heavy (non-hydrogen) atoms. The van der Waals surface area contributed by atoms with Gasteiger partial charge in [0.05, 0.1) is 0 Å². The molecule has 70 valence electrons. The highest BCUT2D eigenvalue weighted by molar-refractivity contribution is 5.02. The van der Waals surface area contributed by atoms with Crippen LogP contribution >= 0.6 is 0 Å². The molecule has 0 bridgehead atoms. The molecule has 0 aromatic heterocycles. The third-order valence-corrected chi connectivity index (χ3v) is 1.70. The van der Waals surface area contributed by atoms with Crippen molar-refractivity contribution in [2.75, 3.05) is 0 Å². The first-order valence-corrected chi connectivity index (χ1v) is 4.58. The normalized spacial score (nSPS) is 13.8. The van der Waals surface area contributed by atoms with Crippen LogP contribution in [0.25, 0.3) is 0 Å². The molecule has 0 fully saturated rings. The molecule has 0 saturated heterocycles. The van der Waals surface area contributed by atoms with Gasteiger partial charge in [-0.1, -0.05) is 52.8 Å². The van der Waals surface area contributed by atoms with Gasteiger partial charge in [-0.25, -0.2) is 0 Å². The molecule has 0 unspecified atom stereocenters. The molecule has 0 saturated carbocycles. The maximum atomic E-state index is 3.76. The van der Waals surface area contributed by atoms with Gasteiger partial charge in [-0.05, 0) is 17.3 Å². The molecule has 0 radical (unpaired) electrons. The monoisotopic (exact) mass is 166 g/mol. The molecular weight excluding hydrogens is 144 g/mol. The van der Waals surface area contributed by atoms with E-state index < -0.39 is 0 Å². The lowest BCUT2D eigenvalue weighted by Crippen LogP contribution is -2.08. The summed E-state index contributed by atoms with van der Waals surface area (Å²) >= 11 is 0. The summed E-state index contributed by atoms with van der Waals surface area (Å²) < 4.78 is 0. The van der Waals surface area contributed by atoms with Crippen LogP contribution in [0.4, 0.5) is 0 Å². The Hall–Kier alpha value is -0.520. The van der Waals surface area contributed by atoms with Crippen molar-refractivity contribution in [1.29, 1.82) is 0 Å². The average Bonchev–Trinajstić information content (AvgIpc) is 1.83. The highest BCUT2D eigenvalue weighted by atomic mass is 14.2. The fourth-order valence-electron chi connectivity index (χ4n) is 0.916. The Morgan fingerprint density at radius 3 is 1.83 bits per heavy atom. The zero-order chi connectivity index (χ0) is 9.83. The molecular formula is C12H22. The Bertz CT molecular complexity index is 165. The van der Waals surface area contributed by atoms with Gasteiger partial charge in [0.2, 0.25) is 0 Å². The van der Waals surface area contributed by atoms with Crippen LogP contribution in [0.1, 0.15) is 41.0 Å². The van der Waals surface area contributed by atoms with Gasteiger partial charge in [0.15, 0.2) is 0 Å². The van der Waals surface area contributed by atoms with Gasteiger partial charge < -0.3 is 0 Å². The van der Waals surface area contributed by atoms with Crippen LogP contribution in [0.2, 0.25) is 0 Å². The molecule has 0 nitrogen and oxygen atoms in total. The first kappa shape index (κ1) is 11.5. The minimum Gasteiger partial charge on any atom is -0.103 e. The standard InChI is InChI=1S/C12H22/c1-7-8-12(5,6)10-9-11(2,3)4/h7,9-10H,1,8H2,2-6H3/b10-9-. The Morgan fingerprint density at radius 2 is 1.50 bits per heavy atom. The van der Waals surface area contributed by atoms with Crippen molar-refractivity contribution in [3.8, 4) is 0 Å². The van der Waals surface area contributed by atoms with Gasteiger partial charge >= 0.3 is 0 Å². The zero-order valence-electron chi connectivity index (χ0n) is 9.15. The summed E-state index contributed by atoms with van der Waals surface area (Å²) in [5, 5.41) is 0. The second-order valence-corrected chi connectivity index (χ2v) is 5.18. The summed E-state index contributed by atoms with van der Waals surface area (Å²) in [6, 6.07) is 0. The fraction of sp³-hybridized carbons (Fsp3) is 0.667. The van der Waals surface area contributed by atoms with Crippen LogP contribution in [-0.4, -0.2) is 0 Å². The third kappa shape index (κ3) is 6.21. The van der Waals surface area contributed by atoms with Crippen LogP contribution in [0.5, 0.6) is 0 Å². The highest BCUT2D eigenvalue weighted by Crippen LogP contribution is 2.25. The third-order valence-electron chi connectivity index (χ3n) is 1.70. The van der Waals surface area contributed by atoms with Crippen molar-refractivity contribution < 1.29 is 0 Å². The van der Waals surface area contributed by atoms with Crippen molar-refractivity contribution in [3.05, 3.63) is 24.8 Å². The summed E-state index contributed by atoms with van der Waals surface area (Å²) in [7, 11) is 0. The molecule has 0 aromatic rings. The van der Waals surface area contributed by atoms with Crippen molar-refractivity contribution in [2.24, 2.45) is 10.8 Å². The lowest BCUT2D eigenvalue weighted by Gasteiger charge is -2.20. The van der Waals surface area contributed by atoms with Gasteiger partial charge in [0.25, 0.3) is 0 Å². The first-order valence-electron chi connectivity index (χ1n) is 4.58. The highest BCUT2D eigenvalue weighted by Gasteiger charge is 2.13. The Labute approximate surface area is 77.4 Å². The molecule has 0 N–H and O–H groups in total. The fourth-order valence-corrected chi connectivity index (χ4v) is 0.916.